The Morgan fingerprint density at radius 1 is 1.21 bits per heavy atom. The molecule has 0 amide bonds. The maximum atomic E-state index is 10.1. The maximum absolute atomic E-state index is 10.1. The predicted molar refractivity (Wildman–Crippen MR) is 110 cm³/mol. The van der Waals surface area contributed by atoms with Gasteiger partial charge in [-0.2, -0.15) is 15.8 Å². The fourth-order valence-electron chi connectivity index (χ4n) is 4.55. The lowest BCUT2D eigenvalue weighted by Crippen LogP contribution is -2.52. The van der Waals surface area contributed by atoms with E-state index in [1.807, 2.05) is 36.6 Å². The summed E-state index contributed by atoms with van der Waals surface area (Å²) >= 11 is 1.63. The quantitative estimate of drug-likeness (QED) is 0.620. The molecule has 0 aromatic heterocycles. The van der Waals surface area contributed by atoms with E-state index in [2.05, 4.69) is 30.0 Å². The highest BCUT2D eigenvalue weighted by Gasteiger charge is 2.57. The van der Waals surface area contributed by atoms with Crippen molar-refractivity contribution in [1.29, 1.82) is 21.2 Å². The first kappa shape index (κ1) is 20.2. The molecule has 5 nitrogen and oxygen atoms in total. The molecule has 3 rings (SSSR count). The summed E-state index contributed by atoms with van der Waals surface area (Å²) in [4.78, 5) is 3.41. The Morgan fingerprint density at radius 3 is 2.43 bits per heavy atom. The molecule has 142 valence electrons. The highest BCUT2D eigenvalue weighted by Crippen LogP contribution is 2.53. The van der Waals surface area contributed by atoms with Crippen LogP contribution in [0.4, 0.5) is 0 Å². The Hall–Kier alpha value is -2.59. The SMILES string of the molecule is CCCN1CC=C2C(C#N)C(=N)C(C#N)(C#N)[C@@H](c3ccc(SC)cc3)[C@H]2C1. The number of hydrogen-bond donors (Lipinski definition) is 1. The van der Waals surface area contributed by atoms with Gasteiger partial charge in [0.15, 0.2) is 5.41 Å². The van der Waals surface area contributed by atoms with E-state index < -0.39 is 17.3 Å². The van der Waals surface area contributed by atoms with Gasteiger partial charge in [0.2, 0.25) is 0 Å². The first-order valence-corrected chi connectivity index (χ1v) is 10.7. The molecule has 1 aromatic rings. The Morgan fingerprint density at radius 2 is 1.89 bits per heavy atom. The molecule has 1 aliphatic carbocycles. The molecule has 0 saturated heterocycles. The minimum Gasteiger partial charge on any atom is -0.305 e. The maximum Gasteiger partial charge on any atom is 0.189 e. The van der Waals surface area contributed by atoms with Gasteiger partial charge in [0.05, 0.1) is 23.9 Å². The lowest BCUT2D eigenvalue weighted by molar-refractivity contribution is 0.204. The zero-order chi connectivity index (χ0) is 20.3. The van der Waals surface area contributed by atoms with Crippen molar-refractivity contribution in [1.82, 2.24) is 4.90 Å². The molecule has 1 N–H and O–H groups in total. The largest absolute Gasteiger partial charge is 0.305 e. The van der Waals surface area contributed by atoms with Crippen LogP contribution in [0.1, 0.15) is 24.8 Å². The molecule has 1 fully saturated rings. The summed E-state index contributed by atoms with van der Waals surface area (Å²) in [5.41, 5.74) is 0.0833. The second-order valence-corrected chi connectivity index (χ2v) is 8.21. The Balaban J connectivity index is 2.18. The van der Waals surface area contributed by atoms with Crippen molar-refractivity contribution < 1.29 is 0 Å². The molecular weight excluding hydrogens is 366 g/mol. The predicted octanol–water partition coefficient (Wildman–Crippen LogP) is 3.97. The van der Waals surface area contributed by atoms with Crippen LogP contribution in [0.3, 0.4) is 0 Å². The number of rotatable bonds is 4. The molecule has 3 atom stereocenters. The van der Waals surface area contributed by atoms with Gasteiger partial charge in [0, 0.05) is 29.8 Å². The molecule has 1 unspecified atom stereocenters. The van der Waals surface area contributed by atoms with Gasteiger partial charge in [0.25, 0.3) is 0 Å². The molecule has 0 radical (unpaired) electrons. The van der Waals surface area contributed by atoms with Gasteiger partial charge < -0.3 is 5.41 Å². The van der Waals surface area contributed by atoms with E-state index in [9.17, 15) is 15.8 Å². The van der Waals surface area contributed by atoms with Crippen molar-refractivity contribution in [2.45, 2.75) is 24.2 Å². The first-order chi connectivity index (χ1) is 13.6. The number of nitriles is 3. The van der Waals surface area contributed by atoms with Crippen LogP contribution in [0.25, 0.3) is 0 Å². The van der Waals surface area contributed by atoms with E-state index in [0.717, 1.165) is 35.5 Å². The highest BCUT2D eigenvalue weighted by atomic mass is 32.2. The molecule has 1 aliphatic heterocycles. The lowest BCUT2D eigenvalue weighted by atomic mass is 9.54. The summed E-state index contributed by atoms with van der Waals surface area (Å²) in [6.07, 6.45) is 5.07. The van der Waals surface area contributed by atoms with Crippen LogP contribution in [-0.4, -0.2) is 36.5 Å². The fourth-order valence-corrected chi connectivity index (χ4v) is 4.96. The van der Waals surface area contributed by atoms with E-state index in [1.54, 1.807) is 11.8 Å². The highest BCUT2D eigenvalue weighted by molar-refractivity contribution is 7.98. The normalized spacial score (nSPS) is 26.3. The van der Waals surface area contributed by atoms with Gasteiger partial charge in [-0.3, -0.25) is 4.90 Å². The summed E-state index contributed by atoms with van der Waals surface area (Å²) in [6, 6.07) is 14.4. The van der Waals surface area contributed by atoms with Gasteiger partial charge in [-0.1, -0.05) is 25.1 Å². The second-order valence-electron chi connectivity index (χ2n) is 7.33. The average Bonchev–Trinajstić information content (AvgIpc) is 2.73. The Bertz CT molecular complexity index is 898. The van der Waals surface area contributed by atoms with Crippen LogP contribution >= 0.6 is 11.8 Å². The Labute approximate surface area is 170 Å². The summed E-state index contributed by atoms with van der Waals surface area (Å²) < 4.78 is 0. The molecule has 0 bridgehead atoms. The van der Waals surface area contributed by atoms with Gasteiger partial charge in [-0.05, 0) is 42.5 Å². The lowest BCUT2D eigenvalue weighted by Gasteiger charge is -2.47. The van der Waals surface area contributed by atoms with E-state index in [-0.39, 0.29) is 11.6 Å². The first-order valence-electron chi connectivity index (χ1n) is 9.43. The number of thioether (sulfide) groups is 1. The fraction of sp³-hybridized carbons (Fsp3) is 0.455. The molecule has 6 heteroatoms. The van der Waals surface area contributed by atoms with Crippen molar-refractivity contribution in [3.05, 3.63) is 41.5 Å². The zero-order valence-corrected chi connectivity index (χ0v) is 17.0. The molecule has 1 aromatic carbocycles. The average molecular weight is 390 g/mol. The van der Waals surface area contributed by atoms with Crippen molar-refractivity contribution in [3.8, 4) is 18.2 Å². The topological polar surface area (TPSA) is 98.5 Å². The smallest absolute Gasteiger partial charge is 0.189 e. The van der Waals surface area contributed by atoms with Crippen LogP contribution < -0.4 is 0 Å². The summed E-state index contributed by atoms with van der Waals surface area (Å²) in [7, 11) is 0. The van der Waals surface area contributed by atoms with E-state index >= 15 is 0 Å². The summed E-state index contributed by atoms with van der Waals surface area (Å²) in [5.74, 6) is -1.38. The Kier molecular flexibility index (Phi) is 5.90. The van der Waals surface area contributed by atoms with Crippen LogP contribution in [0.5, 0.6) is 0 Å². The van der Waals surface area contributed by atoms with E-state index in [1.165, 1.54) is 0 Å². The molecule has 0 spiro atoms. The third-order valence-electron chi connectivity index (χ3n) is 5.88. The summed E-state index contributed by atoms with van der Waals surface area (Å²) in [5, 5.41) is 38.5. The van der Waals surface area contributed by atoms with Gasteiger partial charge in [-0.25, -0.2) is 0 Å². The minimum absolute atomic E-state index is 0.0783. The number of fused-ring (bicyclic) bond motifs is 1. The van der Waals surface area contributed by atoms with Crippen LogP contribution in [-0.2, 0) is 0 Å². The molecule has 2 aliphatic rings. The number of hydrogen-bond acceptors (Lipinski definition) is 6. The molecular formula is C22H23N5S. The van der Waals surface area contributed by atoms with Gasteiger partial charge in [-0.15, -0.1) is 11.8 Å². The monoisotopic (exact) mass is 389 g/mol. The van der Waals surface area contributed by atoms with E-state index in [0.29, 0.717) is 6.54 Å². The van der Waals surface area contributed by atoms with Crippen molar-refractivity contribution in [2.24, 2.45) is 17.3 Å². The molecule has 1 saturated carbocycles. The molecule has 28 heavy (non-hydrogen) atoms. The van der Waals surface area contributed by atoms with Crippen LogP contribution in [0, 0.1) is 56.7 Å². The van der Waals surface area contributed by atoms with Crippen LogP contribution in [0.15, 0.2) is 40.8 Å². The van der Waals surface area contributed by atoms with Crippen molar-refractivity contribution in [3.63, 3.8) is 0 Å². The number of nitrogens with one attached hydrogen (secondary N) is 1. The van der Waals surface area contributed by atoms with Crippen molar-refractivity contribution >= 4 is 17.5 Å². The van der Waals surface area contributed by atoms with Crippen LogP contribution in [0.2, 0.25) is 0 Å². The minimum atomic E-state index is -1.63. The second kappa shape index (κ2) is 8.19. The molecule has 1 heterocycles. The third kappa shape index (κ3) is 3.12. The number of nitrogens with zero attached hydrogens (tertiary/aromatic N) is 4. The zero-order valence-electron chi connectivity index (χ0n) is 16.1. The van der Waals surface area contributed by atoms with Crippen molar-refractivity contribution in [2.75, 3.05) is 25.9 Å². The van der Waals surface area contributed by atoms with E-state index in [4.69, 9.17) is 5.41 Å². The summed E-state index contributed by atoms with van der Waals surface area (Å²) in [6.45, 7) is 4.50. The number of benzene rings is 1. The van der Waals surface area contributed by atoms with Gasteiger partial charge in [0.1, 0.15) is 5.92 Å². The third-order valence-corrected chi connectivity index (χ3v) is 6.62. The van der Waals surface area contributed by atoms with Gasteiger partial charge >= 0.3 is 0 Å². The standard InChI is InChI=1S/C22H23N5S/c1-3-9-27-10-8-17-18(11-23)21(26)22(13-24,14-25)20(19(17)12-27)15-4-6-16(28-2)7-5-15/h4-8,18-20,26H,3,9-10,12H2,1-2H3/t18?,19-,20-/m0/s1.